The third-order valence-corrected chi connectivity index (χ3v) is 8.04. The van der Waals surface area contributed by atoms with Crippen molar-refractivity contribution >= 4 is 36.6 Å². The SMILES string of the molecule is C=CNN(C)C(=O)c1cc(N2CCN(CC3CN(c4ccc(C=O)cc4)CCO3)CC2)ccc1C=O.C=O.CCCCC.COC(C)(C)C. The Bertz CT molecular complexity index is 1260. The van der Waals surface area contributed by atoms with Gasteiger partial charge in [0.2, 0.25) is 0 Å². The topological polar surface area (TPSA) is 112 Å². The molecule has 1 N–H and O–H groups in total. The molecule has 272 valence electrons. The summed E-state index contributed by atoms with van der Waals surface area (Å²) < 4.78 is 11.0. The van der Waals surface area contributed by atoms with E-state index < -0.39 is 0 Å². The number of aldehydes is 2. The summed E-state index contributed by atoms with van der Waals surface area (Å²) in [5, 5.41) is 1.31. The van der Waals surface area contributed by atoms with Gasteiger partial charge in [0.1, 0.15) is 13.1 Å². The molecule has 1 unspecified atom stereocenters. The number of ether oxygens (including phenoxy) is 2. The van der Waals surface area contributed by atoms with Crippen molar-refractivity contribution in [3.63, 3.8) is 0 Å². The lowest BCUT2D eigenvalue weighted by Crippen LogP contribution is -2.52. The maximum Gasteiger partial charge on any atom is 0.272 e. The van der Waals surface area contributed by atoms with Crippen molar-refractivity contribution in [2.45, 2.75) is 65.6 Å². The van der Waals surface area contributed by atoms with Crippen molar-refractivity contribution in [3.05, 3.63) is 71.9 Å². The van der Waals surface area contributed by atoms with Gasteiger partial charge in [0, 0.05) is 88.7 Å². The number of rotatable bonds is 11. The maximum atomic E-state index is 12.8. The van der Waals surface area contributed by atoms with Gasteiger partial charge in [0.15, 0.2) is 6.29 Å². The van der Waals surface area contributed by atoms with E-state index in [2.05, 4.69) is 40.6 Å². The lowest BCUT2D eigenvalue weighted by molar-refractivity contribution is -0.0980. The van der Waals surface area contributed by atoms with Gasteiger partial charge in [-0.15, -0.1) is 0 Å². The number of methoxy groups -OCH3 is 1. The molecular weight excluding hydrogens is 622 g/mol. The van der Waals surface area contributed by atoms with Gasteiger partial charge < -0.3 is 29.5 Å². The average molecular weight is 682 g/mol. The standard InChI is InChI=1S/C27H33N5O4.C5H12O.C5H12.CH2O/c1-3-28-29(2)27(35)26-16-24(9-6-22(26)20-34)31-12-10-30(11-13-31)17-25-18-32(14-15-36-25)23-7-4-21(19-33)5-8-23;1-5(2,3)6-4;1-3-5-4-2;1-2/h3-9,16,19-20,25,28H,1,10-15,17-18H2,2H3;1-4H3;3-5H2,1-2H3;1H2. The van der Waals surface area contributed by atoms with Crippen molar-refractivity contribution in [2.75, 3.05) is 76.4 Å². The van der Waals surface area contributed by atoms with Crippen LogP contribution in [0.5, 0.6) is 0 Å². The minimum absolute atomic E-state index is 0.0417. The van der Waals surface area contributed by atoms with Crippen molar-refractivity contribution in [1.82, 2.24) is 15.3 Å². The second-order valence-corrected chi connectivity index (χ2v) is 12.7. The Morgan fingerprint density at radius 2 is 1.55 bits per heavy atom. The molecule has 0 aliphatic carbocycles. The third kappa shape index (κ3) is 15.4. The highest BCUT2D eigenvalue weighted by Crippen LogP contribution is 2.23. The molecule has 2 aromatic rings. The highest BCUT2D eigenvalue weighted by Gasteiger charge is 2.26. The summed E-state index contributed by atoms with van der Waals surface area (Å²) in [7, 11) is 3.30. The van der Waals surface area contributed by atoms with Gasteiger partial charge in [-0.05, 0) is 63.2 Å². The van der Waals surface area contributed by atoms with Gasteiger partial charge in [-0.3, -0.25) is 24.3 Å². The average Bonchev–Trinajstić information content (AvgIpc) is 3.13. The highest BCUT2D eigenvalue weighted by atomic mass is 16.5. The zero-order valence-electron chi connectivity index (χ0n) is 30.8. The summed E-state index contributed by atoms with van der Waals surface area (Å²) in [6.07, 6.45) is 7.17. The monoisotopic (exact) mass is 681 g/mol. The molecule has 11 nitrogen and oxygen atoms in total. The second kappa shape index (κ2) is 23.3. The summed E-state index contributed by atoms with van der Waals surface area (Å²) in [6.45, 7) is 22.6. The molecule has 2 aliphatic heterocycles. The molecule has 0 saturated carbocycles. The lowest BCUT2D eigenvalue weighted by Gasteiger charge is -2.40. The van der Waals surface area contributed by atoms with E-state index in [-0.39, 0.29) is 17.6 Å². The van der Waals surface area contributed by atoms with E-state index in [9.17, 15) is 14.4 Å². The van der Waals surface area contributed by atoms with Crippen LogP contribution in [0.2, 0.25) is 0 Å². The number of hydrazine groups is 1. The molecule has 4 rings (SSSR count). The van der Waals surface area contributed by atoms with Crippen LogP contribution in [0.25, 0.3) is 0 Å². The molecule has 0 aromatic heterocycles. The Morgan fingerprint density at radius 1 is 0.959 bits per heavy atom. The molecule has 11 heteroatoms. The number of unbranched alkanes of at least 4 members (excludes halogenated alkanes) is 2. The van der Waals surface area contributed by atoms with Crippen LogP contribution >= 0.6 is 0 Å². The van der Waals surface area contributed by atoms with Crippen molar-refractivity contribution in [3.8, 4) is 0 Å². The fourth-order valence-corrected chi connectivity index (χ4v) is 5.06. The Hall–Kier alpha value is -4.06. The van der Waals surface area contributed by atoms with Crippen LogP contribution in [0.3, 0.4) is 0 Å². The smallest absolute Gasteiger partial charge is 0.272 e. The van der Waals surface area contributed by atoms with Crippen LogP contribution in [0.1, 0.15) is 85.0 Å². The number of hydrogen-bond donors (Lipinski definition) is 1. The maximum absolute atomic E-state index is 12.8. The first-order valence-electron chi connectivity index (χ1n) is 17.0. The molecule has 2 aliphatic rings. The first kappa shape index (κ1) is 43.0. The first-order chi connectivity index (χ1) is 23.5. The molecule has 2 fully saturated rings. The number of carbonyl (C=O) groups is 4. The molecular formula is C38H59N5O6. The van der Waals surface area contributed by atoms with E-state index >= 15 is 0 Å². The number of anilines is 2. The fourth-order valence-electron chi connectivity index (χ4n) is 5.06. The van der Waals surface area contributed by atoms with E-state index in [4.69, 9.17) is 14.3 Å². The minimum atomic E-state index is -0.294. The van der Waals surface area contributed by atoms with Gasteiger partial charge in [-0.1, -0.05) is 39.7 Å². The second-order valence-electron chi connectivity index (χ2n) is 12.7. The van der Waals surface area contributed by atoms with E-state index in [0.29, 0.717) is 29.6 Å². The van der Waals surface area contributed by atoms with E-state index in [0.717, 1.165) is 63.5 Å². The number of nitrogens with one attached hydrogen (secondary N) is 1. The van der Waals surface area contributed by atoms with Crippen LogP contribution in [0.15, 0.2) is 55.2 Å². The summed E-state index contributed by atoms with van der Waals surface area (Å²) in [5.41, 5.74) is 6.22. The van der Waals surface area contributed by atoms with Gasteiger partial charge in [0.05, 0.1) is 23.9 Å². The zero-order valence-corrected chi connectivity index (χ0v) is 30.8. The van der Waals surface area contributed by atoms with Crippen molar-refractivity contribution < 1.29 is 28.7 Å². The van der Waals surface area contributed by atoms with Crippen LogP contribution in [0, 0.1) is 0 Å². The van der Waals surface area contributed by atoms with Crippen LogP contribution in [-0.4, -0.2) is 113 Å². The van der Waals surface area contributed by atoms with Crippen LogP contribution in [-0.2, 0) is 14.3 Å². The highest BCUT2D eigenvalue weighted by molar-refractivity contribution is 6.02. The Morgan fingerprint density at radius 3 is 2.04 bits per heavy atom. The van der Waals surface area contributed by atoms with Gasteiger partial charge >= 0.3 is 0 Å². The minimum Gasteiger partial charge on any atom is -0.379 e. The molecule has 0 spiro atoms. The largest absolute Gasteiger partial charge is 0.379 e. The summed E-state index contributed by atoms with van der Waals surface area (Å²) in [5.74, 6) is -0.294. The van der Waals surface area contributed by atoms with Crippen molar-refractivity contribution in [1.29, 1.82) is 0 Å². The number of morpholine rings is 1. The summed E-state index contributed by atoms with van der Waals surface area (Å²) in [4.78, 5) is 50.2. The third-order valence-electron chi connectivity index (χ3n) is 8.04. The number of amides is 1. The molecule has 0 radical (unpaired) electrons. The van der Waals surface area contributed by atoms with E-state index in [1.54, 1.807) is 26.3 Å². The molecule has 2 saturated heterocycles. The normalized spacial score (nSPS) is 15.9. The lowest BCUT2D eigenvalue weighted by atomic mass is 10.1. The molecule has 2 aromatic carbocycles. The van der Waals surface area contributed by atoms with E-state index in [1.165, 1.54) is 30.5 Å². The Balaban J connectivity index is 0.000000791. The molecule has 1 atom stereocenters. The summed E-state index contributed by atoms with van der Waals surface area (Å²) >= 11 is 0. The Labute approximate surface area is 294 Å². The van der Waals surface area contributed by atoms with Gasteiger partial charge in [0.25, 0.3) is 5.91 Å². The Kier molecular flexibility index (Phi) is 20.4. The molecule has 2 heterocycles. The van der Waals surface area contributed by atoms with Crippen LogP contribution in [0.4, 0.5) is 11.4 Å². The zero-order chi connectivity index (χ0) is 36.8. The number of benzene rings is 2. The molecule has 49 heavy (non-hydrogen) atoms. The molecule has 0 bridgehead atoms. The first-order valence-corrected chi connectivity index (χ1v) is 17.0. The number of piperazine rings is 1. The van der Waals surface area contributed by atoms with Crippen molar-refractivity contribution in [2.24, 2.45) is 0 Å². The predicted molar refractivity (Wildman–Crippen MR) is 199 cm³/mol. The fraction of sp³-hybridized carbons (Fsp3) is 0.526. The van der Waals surface area contributed by atoms with Crippen LogP contribution < -0.4 is 15.2 Å². The number of hydrogen-bond acceptors (Lipinski definition) is 10. The van der Waals surface area contributed by atoms with Gasteiger partial charge in [-0.2, -0.15) is 0 Å². The summed E-state index contributed by atoms with van der Waals surface area (Å²) in [6, 6.07) is 13.1. The van der Waals surface area contributed by atoms with Gasteiger partial charge in [-0.25, -0.2) is 0 Å². The van der Waals surface area contributed by atoms with E-state index in [1.807, 2.05) is 57.9 Å². The predicted octanol–water partition coefficient (Wildman–Crippen LogP) is 5.50. The number of nitrogens with zero attached hydrogens (tertiary/aromatic N) is 4. The molecule has 1 amide bonds. The quantitative estimate of drug-likeness (QED) is 0.241. The number of carbonyl (C=O) groups excluding carboxylic acids is 4.